The van der Waals surface area contributed by atoms with Crippen LogP contribution in [-0.2, 0) is 0 Å². The molecule has 0 bridgehead atoms. The van der Waals surface area contributed by atoms with Gasteiger partial charge in [-0.25, -0.2) is 5.43 Å². The van der Waals surface area contributed by atoms with Crippen LogP contribution in [0.1, 0.15) is 15.9 Å². The minimum atomic E-state index is -0.437. The number of carbonyl (C=O) groups is 1. The van der Waals surface area contributed by atoms with Crippen molar-refractivity contribution in [1.82, 2.24) is 5.43 Å². The normalized spacial score (nSPS) is 11.0. The Morgan fingerprint density at radius 3 is 2.47 bits per heavy atom. The summed E-state index contributed by atoms with van der Waals surface area (Å²) in [7, 11) is 0. The molecule has 0 aliphatic heterocycles. The van der Waals surface area contributed by atoms with Gasteiger partial charge in [0.2, 0.25) is 0 Å². The van der Waals surface area contributed by atoms with Gasteiger partial charge in [-0.05, 0) is 60.0 Å². The van der Waals surface area contributed by atoms with E-state index in [2.05, 4.69) is 26.5 Å². The van der Waals surface area contributed by atoms with Gasteiger partial charge in [0.25, 0.3) is 5.91 Å². The number of ether oxygens (including phenoxy) is 2. The molecule has 4 rings (SSSR count). The maximum Gasteiger partial charge on any atom is 0.271 e. The summed E-state index contributed by atoms with van der Waals surface area (Å²) in [6.07, 6.45) is 1.57. The van der Waals surface area contributed by atoms with Gasteiger partial charge in [0.15, 0.2) is 0 Å². The van der Waals surface area contributed by atoms with Crippen LogP contribution in [0.4, 0.5) is 0 Å². The molecule has 0 heterocycles. The van der Waals surface area contributed by atoms with Gasteiger partial charge < -0.3 is 14.6 Å². The van der Waals surface area contributed by atoms with E-state index in [-0.39, 0.29) is 10.8 Å². The summed E-state index contributed by atoms with van der Waals surface area (Å²) in [6, 6.07) is 23.4. The second-order valence-electron chi connectivity index (χ2n) is 7.21. The van der Waals surface area contributed by atoms with Crippen LogP contribution in [0.5, 0.6) is 17.2 Å². The molecule has 0 spiro atoms. The lowest BCUT2D eigenvalue weighted by molar-refractivity contribution is 0.0955. The fourth-order valence-electron chi connectivity index (χ4n) is 3.25. The van der Waals surface area contributed by atoms with Gasteiger partial charge in [-0.2, -0.15) is 5.10 Å². The monoisotopic (exact) mass is 538 g/mol. The quantitative estimate of drug-likeness (QED) is 0.159. The number of phenols is 1. The molecular weight excluding hydrogens is 520 g/mol. The predicted molar refractivity (Wildman–Crippen MR) is 137 cm³/mol. The summed E-state index contributed by atoms with van der Waals surface area (Å²) >= 11 is 9.26. The number of rotatable bonds is 8. The number of hydrazone groups is 1. The Bertz CT molecular complexity index is 1340. The third kappa shape index (κ3) is 5.87. The Kier molecular flexibility index (Phi) is 7.67. The summed E-state index contributed by atoms with van der Waals surface area (Å²) in [6.45, 7) is 0.797. The van der Waals surface area contributed by atoms with Crippen molar-refractivity contribution in [2.24, 2.45) is 5.10 Å². The van der Waals surface area contributed by atoms with Crippen molar-refractivity contribution in [2.75, 3.05) is 13.2 Å². The number of fused-ring (bicyclic) bond motifs is 1. The van der Waals surface area contributed by atoms with Crippen molar-refractivity contribution in [3.63, 3.8) is 0 Å². The number of benzene rings is 4. The van der Waals surface area contributed by atoms with Crippen LogP contribution in [0, 0.1) is 0 Å². The van der Waals surface area contributed by atoms with Crippen molar-refractivity contribution in [1.29, 1.82) is 0 Å². The number of halogens is 2. The van der Waals surface area contributed by atoms with E-state index in [1.165, 1.54) is 18.2 Å². The molecular formula is C26H20BrClN2O4. The molecule has 0 aliphatic carbocycles. The van der Waals surface area contributed by atoms with E-state index >= 15 is 0 Å². The SMILES string of the molecule is O=C(N/N=C/c1ccc(OCCOc2ccc(Br)cc2)c2ccccc12)c1ccc(O)c(Cl)c1. The highest BCUT2D eigenvalue weighted by Gasteiger charge is 2.09. The molecule has 172 valence electrons. The van der Waals surface area contributed by atoms with E-state index in [0.29, 0.717) is 18.8 Å². The van der Waals surface area contributed by atoms with E-state index in [4.69, 9.17) is 21.1 Å². The third-order valence-corrected chi connectivity index (χ3v) is 5.75. The number of nitrogens with zero attached hydrogens (tertiary/aromatic N) is 1. The van der Waals surface area contributed by atoms with Gasteiger partial charge >= 0.3 is 0 Å². The largest absolute Gasteiger partial charge is 0.506 e. The predicted octanol–water partition coefficient (Wildman–Crippen LogP) is 6.18. The number of nitrogens with one attached hydrogen (secondary N) is 1. The second-order valence-corrected chi connectivity index (χ2v) is 8.54. The summed E-state index contributed by atoms with van der Waals surface area (Å²) in [4.78, 5) is 12.3. The Morgan fingerprint density at radius 1 is 0.971 bits per heavy atom. The van der Waals surface area contributed by atoms with Crippen molar-refractivity contribution >= 4 is 50.4 Å². The van der Waals surface area contributed by atoms with Crippen molar-refractivity contribution in [3.05, 3.63) is 99.5 Å². The molecule has 34 heavy (non-hydrogen) atoms. The van der Waals surface area contributed by atoms with Gasteiger partial charge in [-0.15, -0.1) is 0 Å². The van der Waals surface area contributed by atoms with Gasteiger partial charge in [-0.1, -0.05) is 51.8 Å². The zero-order valence-corrected chi connectivity index (χ0v) is 20.2. The Labute approximate surface area is 209 Å². The van der Waals surface area contributed by atoms with Crippen LogP contribution in [0.25, 0.3) is 10.8 Å². The molecule has 0 fully saturated rings. The average Bonchev–Trinajstić information content (AvgIpc) is 2.85. The molecule has 8 heteroatoms. The first-order valence-electron chi connectivity index (χ1n) is 10.4. The highest BCUT2D eigenvalue weighted by molar-refractivity contribution is 9.10. The van der Waals surface area contributed by atoms with Gasteiger partial charge in [0.05, 0.1) is 11.2 Å². The zero-order valence-electron chi connectivity index (χ0n) is 17.9. The first-order chi connectivity index (χ1) is 16.5. The smallest absolute Gasteiger partial charge is 0.271 e. The average molecular weight is 540 g/mol. The number of hydrogen-bond donors (Lipinski definition) is 2. The number of aromatic hydroxyl groups is 1. The molecule has 1 amide bonds. The standard InChI is InChI=1S/C26H20BrClN2O4/c27-19-7-9-20(10-8-19)33-13-14-34-25-12-6-18(21-3-1-2-4-22(21)25)16-29-30-26(32)17-5-11-24(31)23(28)15-17/h1-12,15-16,31H,13-14H2,(H,30,32)/b29-16+. The van der Waals surface area contributed by atoms with Crippen LogP contribution < -0.4 is 14.9 Å². The number of amides is 1. The highest BCUT2D eigenvalue weighted by atomic mass is 79.9. The maximum absolute atomic E-state index is 12.3. The van der Waals surface area contributed by atoms with E-state index in [0.717, 1.165) is 32.3 Å². The molecule has 0 saturated carbocycles. The number of hydrogen-bond acceptors (Lipinski definition) is 5. The molecule has 0 atom stereocenters. The van der Waals surface area contributed by atoms with Crippen molar-refractivity contribution < 1.29 is 19.4 Å². The summed E-state index contributed by atoms with van der Waals surface area (Å²) in [5, 5.41) is 15.5. The lowest BCUT2D eigenvalue weighted by atomic mass is 10.0. The van der Waals surface area contributed by atoms with Crippen LogP contribution >= 0.6 is 27.5 Å². The molecule has 0 aliphatic rings. The first-order valence-corrected chi connectivity index (χ1v) is 11.5. The van der Waals surface area contributed by atoms with Crippen molar-refractivity contribution in [3.8, 4) is 17.2 Å². The molecule has 0 unspecified atom stereocenters. The highest BCUT2D eigenvalue weighted by Crippen LogP contribution is 2.28. The minimum Gasteiger partial charge on any atom is -0.506 e. The Hall–Kier alpha value is -3.55. The van der Waals surface area contributed by atoms with Gasteiger partial charge in [0, 0.05) is 21.0 Å². The number of carbonyl (C=O) groups excluding carboxylic acids is 1. The fourth-order valence-corrected chi connectivity index (χ4v) is 3.69. The lowest BCUT2D eigenvalue weighted by Crippen LogP contribution is -2.17. The maximum atomic E-state index is 12.3. The molecule has 6 nitrogen and oxygen atoms in total. The van der Waals surface area contributed by atoms with Gasteiger partial charge in [0.1, 0.15) is 30.5 Å². The van der Waals surface area contributed by atoms with Crippen LogP contribution in [0.15, 0.2) is 88.4 Å². The lowest BCUT2D eigenvalue weighted by Gasteiger charge is -2.12. The molecule has 0 aromatic heterocycles. The van der Waals surface area contributed by atoms with Gasteiger partial charge in [-0.3, -0.25) is 4.79 Å². The Balaban J connectivity index is 1.41. The molecule has 4 aromatic rings. The minimum absolute atomic E-state index is 0.0876. The summed E-state index contributed by atoms with van der Waals surface area (Å²) < 4.78 is 12.7. The first kappa shape index (κ1) is 23.6. The van der Waals surface area contributed by atoms with E-state index < -0.39 is 5.91 Å². The number of phenolic OH excluding ortho intramolecular Hbond substituents is 1. The zero-order chi connectivity index (χ0) is 23.9. The van der Waals surface area contributed by atoms with E-state index in [9.17, 15) is 9.90 Å². The van der Waals surface area contributed by atoms with Crippen LogP contribution in [0.3, 0.4) is 0 Å². The third-order valence-electron chi connectivity index (χ3n) is 4.92. The molecule has 0 radical (unpaired) electrons. The molecule has 0 saturated heterocycles. The fraction of sp³-hybridized carbons (Fsp3) is 0.0769. The summed E-state index contributed by atoms with van der Waals surface area (Å²) in [5.41, 5.74) is 3.58. The molecule has 4 aromatic carbocycles. The van der Waals surface area contributed by atoms with Crippen LogP contribution in [-0.4, -0.2) is 30.4 Å². The molecule has 2 N–H and O–H groups in total. The topological polar surface area (TPSA) is 80.2 Å². The van der Waals surface area contributed by atoms with E-state index in [1.54, 1.807) is 6.21 Å². The second kappa shape index (κ2) is 11.0. The Morgan fingerprint density at radius 2 is 1.71 bits per heavy atom. The van der Waals surface area contributed by atoms with E-state index in [1.807, 2.05) is 60.7 Å². The summed E-state index contributed by atoms with van der Waals surface area (Å²) in [5.74, 6) is 0.985. The van der Waals surface area contributed by atoms with Crippen LogP contribution in [0.2, 0.25) is 5.02 Å². The van der Waals surface area contributed by atoms with Crippen molar-refractivity contribution in [2.45, 2.75) is 0 Å².